The number of nitrogens with zero attached hydrogens (tertiary/aromatic N) is 2. The molecule has 33 heavy (non-hydrogen) atoms. The van der Waals surface area contributed by atoms with Crippen LogP contribution < -0.4 is 0 Å². The van der Waals surface area contributed by atoms with Crippen molar-refractivity contribution < 1.29 is 9.59 Å². The van der Waals surface area contributed by atoms with E-state index in [-0.39, 0.29) is 0 Å². The number of isocyanates is 2. The second-order valence-electron chi connectivity index (χ2n) is 7.33. The van der Waals surface area contributed by atoms with Crippen LogP contribution in [0.5, 0.6) is 0 Å². The van der Waals surface area contributed by atoms with E-state index in [0.29, 0.717) is 11.4 Å². The number of carbonyl (C=O) groups excluding carboxylic acids is 2. The van der Waals surface area contributed by atoms with Gasteiger partial charge in [-0.3, -0.25) is 0 Å². The molecule has 0 aliphatic heterocycles. The van der Waals surface area contributed by atoms with E-state index in [9.17, 15) is 9.59 Å². The molecule has 0 aliphatic rings. The van der Waals surface area contributed by atoms with Gasteiger partial charge in [0, 0.05) is 22.6 Å². The average molecular weight is 449 g/mol. The van der Waals surface area contributed by atoms with Crippen LogP contribution in [0.25, 0.3) is 22.3 Å². The molecule has 0 saturated heterocycles. The first-order valence-corrected chi connectivity index (χ1v) is 11.5. The van der Waals surface area contributed by atoms with Gasteiger partial charge in [0.2, 0.25) is 12.2 Å². The van der Waals surface area contributed by atoms with Crippen LogP contribution in [-0.2, 0) is 21.1 Å². The smallest absolute Gasteiger partial charge is 0.211 e. The molecule has 0 aromatic heterocycles. The number of hydrogen-bond donors (Lipinski definition) is 0. The third kappa shape index (κ3) is 5.62. The molecule has 0 unspecified atom stereocenters. The van der Waals surface area contributed by atoms with E-state index in [1.807, 2.05) is 84.9 Å². The minimum atomic E-state index is 0.615. The number of hydrogen-bond acceptors (Lipinski definition) is 5. The second kappa shape index (κ2) is 11.0. The highest BCUT2D eigenvalue weighted by molar-refractivity contribution is 7.97. The van der Waals surface area contributed by atoms with Gasteiger partial charge in [0.05, 0.1) is 11.4 Å². The van der Waals surface area contributed by atoms with E-state index in [1.165, 1.54) is 0 Å². The van der Waals surface area contributed by atoms with Crippen molar-refractivity contribution in [3.05, 3.63) is 108 Å². The summed E-state index contributed by atoms with van der Waals surface area (Å²) in [4.78, 5) is 29.4. The van der Waals surface area contributed by atoms with Gasteiger partial charge in [-0.05, 0) is 46.5 Å². The lowest BCUT2D eigenvalue weighted by Crippen LogP contribution is -1.88. The monoisotopic (exact) mass is 448 g/mol. The Kier molecular flexibility index (Phi) is 7.42. The van der Waals surface area contributed by atoms with Gasteiger partial charge >= 0.3 is 0 Å². The molecular weight excluding hydrogens is 428 g/mol. The summed E-state index contributed by atoms with van der Waals surface area (Å²) in [6.45, 7) is 0. The molecule has 4 aromatic carbocycles. The van der Waals surface area contributed by atoms with Crippen LogP contribution in [0.2, 0.25) is 0 Å². The van der Waals surface area contributed by atoms with Crippen molar-refractivity contribution in [1.29, 1.82) is 0 Å². The van der Waals surface area contributed by atoms with Gasteiger partial charge in [0.15, 0.2) is 0 Å². The summed E-state index contributed by atoms with van der Waals surface area (Å²) >= 11 is 1.79. The van der Waals surface area contributed by atoms with Crippen LogP contribution in [-0.4, -0.2) is 12.2 Å². The van der Waals surface area contributed by atoms with Crippen molar-refractivity contribution in [1.82, 2.24) is 0 Å². The minimum absolute atomic E-state index is 0.615. The molecule has 0 bridgehead atoms. The quantitative estimate of drug-likeness (QED) is 0.209. The standard InChI is InChI=1S/C28H20N2O2S/c31-19-29-27-13-11-21(15-25(27)23-7-3-1-4-8-23)17-33-18-22-12-14-28(30-20-32)26(16-22)24-9-5-2-6-10-24/h1-16H,17-18H2. The lowest BCUT2D eigenvalue weighted by Gasteiger charge is -2.10. The Balaban J connectivity index is 1.53. The fourth-order valence-electron chi connectivity index (χ4n) is 3.62. The fraction of sp³-hybridized carbons (Fsp3) is 0.0714. The summed E-state index contributed by atoms with van der Waals surface area (Å²) in [7, 11) is 0. The lowest BCUT2D eigenvalue weighted by atomic mass is 10.0. The molecule has 0 saturated carbocycles. The summed E-state index contributed by atoms with van der Waals surface area (Å²) in [6.07, 6.45) is 3.30. The highest BCUT2D eigenvalue weighted by Crippen LogP contribution is 2.34. The maximum absolute atomic E-state index is 10.8. The zero-order chi connectivity index (χ0) is 22.9. The van der Waals surface area contributed by atoms with Gasteiger partial charge in [0.1, 0.15) is 0 Å². The topological polar surface area (TPSA) is 58.9 Å². The molecule has 4 rings (SSSR count). The number of benzene rings is 4. The number of rotatable bonds is 8. The molecule has 0 radical (unpaired) electrons. The van der Waals surface area contributed by atoms with E-state index in [0.717, 1.165) is 44.9 Å². The van der Waals surface area contributed by atoms with Crippen LogP contribution in [0.4, 0.5) is 11.4 Å². The molecule has 0 amide bonds. The summed E-state index contributed by atoms with van der Waals surface area (Å²) in [5.74, 6) is 1.61. The summed E-state index contributed by atoms with van der Waals surface area (Å²) < 4.78 is 0. The average Bonchev–Trinajstić information content (AvgIpc) is 2.87. The number of thioether (sulfide) groups is 1. The van der Waals surface area contributed by atoms with E-state index in [1.54, 1.807) is 23.9 Å². The van der Waals surface area contributed by atoms with Crippen molar-refractivity contribution in [3.63, 3.8) is 0 Å². The van der Waals surface area contributed by atoms with Crippen molar-refractivity contribution in [2.75, 3.05) is 0 Å². The van der Waals surface area contributed by atoms with Crippen LogP contribution >= 0.6 is 11.8 Å². The zero-order valence-electron chi connectivity index (χ0n) is 17.8. The summed E-state index contributed by atoms with van der Waals surface area (Å²) in [6, 6.07) is 31.7. The van der Waals surface area contributed by atoms with Crippen molar-refractivity contribution in [3.8, 4) is 22.3 Å². The molecule has 4 nitrogen and oxygen atoms in total. The molecule has 5 heteroatoms. The Labute approximate surface area is 196 Å². The lowest BCUT2D eigenvalue weighted by molar-refractivity contribution is 0.564. The first-order chi connectivity index (χ1) is 16.3. The molecule has 4 aromatic rings. The molecule has 0 heterocycles. The summed E-state index contributed by atoms with van der Waals surface area (Å²) in [5.41, 5.74) is 7.38. The zero-order valence-corrected chi connectivity index (χ0v) is 18.6. The van der Waals surface area contributed by atoms with E-state index >= 15 is 0 Å². The van der Waals surface area contributed by atoms with Gasteiger partial charge < -0.3 is 0 Å². The van der Waals surface area contributed by atoms with Gasteiger partial charge in [-0.25, -0.2) is 9.59 Å². The van der Waals surface area contributed by atoms with Gasteiger partial charge in [-0.1, -0.05) is 72.8 Å². The van der Waals surface area contributed by atoms with Crippen LogP contribution in [0.1, 0.15) is 11.1 Å². The normalized spacial score (nSPS) is 10.2. The fourth-order valence-corrected chi connectivity index (χ4v) is 4.56. The first kappa shape index (κ1) is 22.2. The first-order valence-electron chi connectivity index (χ1n) is 10.4. The van der Waals surface area contributed by atoms with Gasteiger partial charge in [-0.2, -0.15) is 21.7 Å². The third-order valence-corrected chi connectivity index (χ3v) is 6.24. The summed E-state index contributed by atoms with van der Waals surface area (Å²) in [5, 5.41) is 0. The Hall–Kier alpha value is -4.01. The number of aliphatic imine (C=N–C) groups is 2. The van der Waals surface area contributed by atoms with Gasteiger partial charge in [0.25, 0.3) is 0 Å². The van der Waals surface area contributed by atoms with Crippen molar-refractivity contribution in [2.24, 2.45) is 9.98 Å². The Bertz CT molecular complexity index is 1240. The molecule has 0 atom stereocenters. The van der Waals surface area contributed by atoms with Crippen LogP contribution in [0.3, 0.4) is 0 Å². The Morgan fingerprint density at radius 1 is 0.576 bits per heavy atom. The van der Waals surface area contributed by atoms with Crippen LogP contribution in [0.15, 0.2) is 107 Å². The largest absolute Gasteiger partial charge is 0.240 e. The minimum Gasteiger partial charge on any atom is -0.211 e. The molecule has 0 N–H and O–H groups in total. The van der Waals surface area contributed by atoms with E-state index in [4.69, 9.17) is 0 Å². The second-order valence-corrected chi connectivity index (χ2v) is 8.32. The SMILES string of the molecule is O=C=Nc1ccc(CSCc2ccc(N=C=O)c(-c3ccccc3)c2)cc1-c1ccccc1. The van der Waals surface area contributed by atoms with E-state index < -0.39 is 0 Å². The molecular formula is C28H20N2O2S. The Morgan fingerprint density at radius 2 is 1.00 bits per heavy atom. The van der Waals surface area contributed by atoms with Crippen molar-refractivity contribution in [2.45, 2.75) is 11.5 Å². The highest BCUT2D eigenvalue weighted by Gasteiger charge is 2.09. The highest BCUT2D eigenvalue weighted by atomic mass is 32.2. The van der Waals surface area contributed by atoms with E-state index in [2.05, 4.69) is 22.1 Å². The predicted octanol–water partition coefficient (Wildman–Crippen LogP) is 7.39. The molecule has 160 valence electrons. The van der Waals surface area contributed by atoms with Crippen molar-refractivity contribution >= 4 is 35.3 Å². The predicted molar refractivity (Wildman–Crippen MR) is 134 cm³/mol. The van der Waals surface area contributed by atoms with Gasteiger partial charge in [-0.15, -0.1) is 0 Å². The molecule has 0 fully saturated rings. The molecule has 0 aliphatic carbocycles. The Morgan fingerprint density at radius 3 is 1.39 bits per heavy atom. The maximum Gasteiger partial charge on any atom is 0.240 e. The maximum atomic E-state index is 10.8. The third-order valence-electron chi connectivity index (χ3n) is 5.16. The van der Waals surface area contributed by atoms with Crippen LogP contribution in [0, 0.1) is 0 Å². The molecule has 0 spiro atoms.